The fourth-order valence-electron chi connectivity index (χ4n) is 9.42. The topological polar surface area (TPSA) is 193 Å². The highest BCUT2D eigenvalue weighted by atomic mass is 16.4. The molecule has 8 atom stereocenters. The van der Waals surface area contributed by atoms with Crippen LogP contribution in [0.1, 0.15) is 121 Å². The Bertz CT molecular complexity index is 1690. The first-order chi connectivity index (χ1) is 26.4. The number of nitrogens with zero attached hydrogens (tertiary/aromatic N) is 1. The van der Waals surface area contributed by atoms with Gasteiger partial charge in [0.1, 0.15) is 17.3 Å². The zero-order valence-electron chi connectivity index (χ0n) is 32.9. The van der Waals surface area contributed by atoms with E-state index in [9.17, 15) is 35.4 Å². The van der Waals surface area contributed by atoms with Gasteiger partial charge in [0.2, 0.25) is 0 Å². The van der Waals surface area contributed by atoms with E-state index in [1.54, 1.807) is 18.3 Å². The third kappa shape index (κ3) is 11.8. The summed E-state index contributed by atoms with van der Waals surface area (Å²) >= 11 is 0. The van der Waals surface area contributed by atoms with Gasteiger partial charge in [-0.1, -0.05) is 64.5 Å². The van der Waals surface area contributed by atoms with Crippen LogP contribution in [0.3, 0.4) is 0 Å². The first-order valence-electron chi connectivity index (χ1n) is 20.8. The number of hydrogen-bond acceptors (Lipinski definition) is 8. The molecule has 10 heteroatoms. The van der Waals surface area contributed by atoms with Crippen molar-refractivity contribution in [2.24, 2.45) is 29.6 Å². The quantitative estimate of drug-likeness (QED) is 0.0391. The molecular weight excluding hydrogens is 695 g/mol. The molecule has 1 fully saturated rings. The fourth-order valence-corrected chi connectivity index (χ4v) is 9.42. The van der Waals surface area contributed by atoms with Crippen molar-refractivity contribution in [2.45, 2.75) is 141 Å². The minimum absolute atomic E-state index is 0.0287. The van der Waals surface area contributed by atoms with Gasteiger partial charge in [-0.15, -0.1) is 0 Å². The molecule has 2 aliphatic rings. The number of pyridine rings is 1. The Morgan fingerprint density at radius 1 is 0.964 bits per heavy atom. The van der Waals surface area contributed by atoms with Crippen LogP contribution in [0.4, 0.5) is 5.82 Å². The summed E-state index contributed by atoms with van der Waals surface area (Å²) < 4.78 is 0. The Balaban J connectivity index is 1.20. The summed E-state index contributed by atoms with van der Waals surface area (Å²) in [6, 6.07) is 10.4. The molecule has 1 saturated carbocycles. The number of carbonyl (C=O) groups is 1. The van der Waals surface area contributed by atoms with Gasteiger partial charge in [0, 0.05) is 35.1 Å². The lowest BCUT2D eigenvalue weighted by Crippen LogP contribution is -2.37. The van der Waals surface area contributed by atoms with Crippen LogP contribution >= 0.6 is 0 Å². The van der Waals surface area contributed by atoms with Crippen molar-refractivity contribution in [1.82, 2.24) is 9.97 Å². The fraction of sp³-hybridized carbons (Fsp3) is 0.600. The first-order valence-corrected chi connectivity index (χ1v) is 20.8. The maximum absolute atomic E-state index is 12.4. The Hall–Kier alpha value is -3.86. The molecule has 10 nitrogen and oxygen atoms in total. The zero-order chi connectivity index (χ0) is 39.5. The predicted octanol–water partition coefficient (Wildman–Crippen LogP) is 8.10. The third-order valence-electron chi connectivity index (χ3n) is 12.4. The molecule has 302 valence electrons. The number of aliphatic hydroxyl groups excluding tert-OH is 2. The van der Waals surface area contributed by atoms with Gasteiger partial charge in [0.25, 0.3) is 0 Å². The molecule has 0 spiro atoms. The van der Waals surface area contributed by atoms with E-state index in [0.717, 1.165) is 73.9 Å². The van der Waals surface area contributed by atoms with Crippen LogP contribution in [-0.4, -0.2) is 64.4 Å². The number of benzene rings is 1. The summed E-state index contributed by atoms with van der Waals surface area (Å²) in [5.74, 6) is -0.939. The second-order valence-electron chi connectivity index (χ2n) is 16.7. The Labute approximate surface area is 326 Å². The monoisotopic (exact) mass is 759 g/mol. The molecule has 55 heavy (non-hydrogen) atoms. The molecule has 2 aliphatic carbocycles. The van der Waals surface area contributed by atoms with Gasteiger partial charge < -0.3 is 41.4 Å². The average Bonchev–Trinajstić information content (AvgIpc) is 3.68. The number of aliphatic hydroxyl groups is 3. The summed E-state index contributed by atoms with van der Waals surface area (Å²) in [6.07, 6.45) is 17.7. The van der Waals surface area contributed by atoms with E-state index in [4.69, 9.17) is 5.73 Å². The second-order valence-corrected chi connectivity index (χ2v) is 16.7. The lowest BCUT2D eigenvalue weighted by atomic mass is 9.80. The van der Waals surface area contributed by atoms with E-state index in [-0.39, 0.29) is 48.2 Å². The van der Waals surface area contributed by atoms with E-state index in [1.807, 2.05) is 19.1 Å². The van der Waals surface area contributed by atoms with Gasteiger partial charge in [-0.05, 0) is 130 Å². The van der Waals surface area contributed by atoms with Crippen molar-refractivity contribution in [3.05, 3.63) is 71.6 Å². The molecule has 0 bridgehead atoms. The SMILES string of the molecule is CCCCC[C@@H]1C=C[C@@H](CCCCC[C@H](C(=O)O)[C@H](O)CC[C@]2(O)C[C@H](Cc3ccnc(N)c3)C[C@H]2Cc2cc(CC)c(-c3cc(O)cc(O)c3)[nH]2)[C@H](O)C1. The molecule has 3 aromatic rings. The molecule has 0 aliphatic heterocycles. The Kier molecular flexibility index (Phi) is 15.2. The number of allylic oxidation sites excluding steroid dienone is 1. The lowest BCUT2D eigenvalue weighted by molar-refractivity contribution is -0.146. The van der Waals surface area contributed by atoms with Crippen LogP contribution in [0, 0.1) is 29.6 Å². The number of phenols is 2. The van der Waals surface area contributed by atoms with E-state index in [2.05, 4.69) is 35.1 Å². The van der Waals surface area contributed by atoms with E-state index >= 15 is 0 Å². The minimum atomic E-state index is -1.13. The maximum atomic E-state index is 12.4. The number of nitrogens with one attached hydrogen (secondary N) is 1. The van der Waals surface area contributed by atoms with Crippen LogP contribution in [-0.2, 0) is 24.1 Å². The first kappa shape index (κ1) is 42.3. The van der Waals surface area contributed by atoms with Crippen LogP contribution in [0.25, 0.3) is 11.3 Å². The van der Waals surface area contributed by atoms with Crippen LogP contribution in [0.2, 0.25) is 0 Å². The van der Waals surface area contributed by atoms with Crippen molar-refractivity contribution in [2.75, 3.05) is 5.73 Å². The highest BCUT2D eigenvalue weighted by Gasteiger charge is 2.46. The average molecular weight is 760 g/mol. The van der Waals surface area contributed by atoms with Gasteiger partial charge in [0.05, 0.1) is 23.7 Å². The third-order valence-corrected chi connectivity index (χ3v) is 12.4. The summed E-state index contributed by atoms with van der Waals surface area (Å²) in [4.78, 5) is 20.0. The second kappa shape index (κ2) is 19.8. The minimum Gasteiger partial charge on any atom is -0.508 e. The van der Waals surface area contributed by atoms with Crippen molar-refractivity contribution in [3.8, 4) is 22.8 Å². The lowest BCUT2D eigenvalue weighted by Gasteiger charge is -2.32. The molecule has 0 unspecified atom stereocenters. The number of nitrogen functional groups attached to an aromatic ring is 1. The number of nitrogens with two attached hydrogens (primary N) is 1. The predicted molar refractivity (Wildman–Crippen MR) is 216 cm³/mol. The number of aryl methyl sites for hydroxylation is 1. The van der Waals surface area contributed by atoms with Gasteiger partial charge in [-0.3, -0.25) is 4.79 Å². The highest BCUT2D eigenvalue weighted by Crippen LogP contribution is 2.46. The van der Waals surface area contributed by atoms with Gasteiger partial charge in [-0.25, -0.2) is 4.98 Å². The summed E-state index contributed by atoms with van der Waals surface area (Å²) in [7, 11) is 0. The van der Waals surface area contributed by atoms with Gasteiger partial charge >= 0.3 is 5.97 Å². The molecular formula is C45H65N3O7. The number of carboxylic acid groups (broad SMARTS) is 1. The molecule has 0 radical (unpaired) electrons. The molecule has 2 heterocycles. The number of anilines is 1. The summed E-state index contributed by atoms with van der Waals surface area (Å²) in [6.45, 7) is 4.25. The van der Waals surface area contributed by atoms with E-state index in [0.29, 0.717) is 43.0 Å². The number of unbranched alkanes of at least 4 members (excludes halogenated alkanes) is 4. The van der Waals surface area contributed by atoms with Crippen LogP contribution in [0.15, 0.2) is 54.7 Å². The van der Waals surface area contributed by atoms with E-state index < -0.39 is 23.6 Å². The standard InChI is InChI=1S/C45H65N3O7/c1-3-5-7-10-29-13-14-33(41(52)21-29)11-8-6-9-12-39(44(53)54)40(51)15-17-45(55)28-31(19-30-16-18-47-42(46)22-30)20-35(45)26-36-23-32(4-2)43(48-36)34-24-37(49)27-38(50)25-34/h13-14,16,18,22-25,27,29,31,33,35,39-41,48-52,55H,3-12,15,17,19-21,26,28H2,1-2H3,(H2,46,47)(H,53,54)/t29-,31-,33-,35+,39+,40-,41-,45+/m1/s1. The Morgan fingerprint density at radius 2 is 1.73 bits per heavy atom. The van der Waals surface area contributed by atoms with E-state index in [1.165, 1.54) is 25.3 Å². The number of carboxylic acids is 1. The largest absolute Gasteiger partial charge is 0.508 e. The Morgan fingerprint density at radius 3 is 2.42 bits per heavy atom. The number of aromatic nitrogens is 2. The normalized spacial score (nSPS) is 24.9. The molecule has 0 saturated heterocycles. The molecule has 9 N–H and O–H groups in total. The van der Waals surface area contributed by atoms with Crippen molar-refractivity contribution in [3.63, 3.8) is 0 Å². The highest BCUT2D eigenvalue weighted by molar-refractivity contribution is 5.70. The smallest absolute Gasteiger partial charge is 0.309 e. The summed E-state index contributed by atoms with van der Waals surface area (Å²) in [5.41, 5.74) is 9.34. The molecule has 1 aromatic carbocycles. The van der Waals surface area contributed by atoms with Crippen molar-refractivity contribution in [1.29, 1.82) is 0 Å². The maximum Gasteiger partial charge on any atom is 0.309 e. The van der Waals surface area contributed by atoms with Crippen molar-refractivity contribution < 1.29 is 35.4 Å². The molecule has 0 amide bonds. The number of aliphatic carboxylic acids is 1. The van der Waals surface area contributed by atoms with Crippen molar-refractivity contribution >= 4 is 11.8 Å². The van der Waals surface area contributed by atoms with Crippen LogP contribution in [0.5, 0.6) is 11.5 Å². The summed E-state index contributed by atoms with van der Waals surface area (Å²) in [5, 5.41) is 64.8. The number of H-pyrrole nitrogens is 1. The number of aromatic hydroxyl groups is 2. The number of rotatable bonds is 21. The number of aromatic amines is 1. The van der Waals surface area contributed by atoms with Crippen LogP contribution < -0.4 is 5.73 Å². The number of phenolic OH excluding ortho intramolecular Hbond substituents is 2. The molecule has 5 rings (SSSR count). The molecule has 2 aromatic heterocycles. The number of hydrogen-bond donors (Lipinski definition) is 8. The zero-order valence-corrected chi connectivity index (χ0v) is 32.9. The van der Waals surface area contributed by atoms with Gasteiger partial charge in [0.15, 0.2) is 0 Å². The van der Waals surface area contributed by atoms with Gasteiger partial charge in [-0.2, -0.15) is 0 Å².